The van der Waals surface area contributed by atoms with Gasteiger partial charge in [-0.25, -0.2) is 0 Å². The molecule has 0 saturated carbocycles. The summed E-state index contributed by atoms with van der Waals surface area (Å²) in [7, 11) is 1.56. The van der Waals surface area contributed by atoms with Crippen molar-refractivity contribution in [2.24, 2.45) is 0 Å². The smallest absolute Gasteiger partial charge is 0.251 e. The SMILES string of the molecule is CCNC(=O)c1cccc(Oc2cc(Cl)cc(OC)c2)c1. The van der Waals surface area contributed by atoms with Crippen LogP contribution in [0.25, 0.3) is 0 Å². The molecule has 2 rings (SSSR count). The van der Waals surface area contributed by atoms with Gasteiger partial charge < -0.3 is 14.8 Å². The zero-order chi connectivity index (χ0) is 15.2. The van der Waals surface area contributed by atoms with Crippen molar-refractivity contribution >= 4 is 17.5 Å². The number of nitrogens with one attached hydrogen (secondary N) is 1. The Balaban J connectivity index is 2.21. The van der Waals surface area contributed by atoms with Crippen molar-refractivity contribution in [3.05, 3.63) is 53.1 Å². The van der Waals surface area contributed by atoms with Crippen LogP contribution in [0.4, 0.5) is 0 Å². The second kappa shape index (κ2) is 6.99. The molecular weight excluding hydrogens is 290 g/mol. The summed E-state index contributed by atoms with van der Waals surface area (Å²) in [5, 5.41) is 3.26. The number of rotatable bonds is 5. The first kappa shape index (κ1) is 15.2. The predicted octanol–water partition coefficient (Wildman–Crippen LogP) is 3.89. The van der Waals surface area contributed by atoms with E-state index in [1.54, 1.807) is 49.6 Å². The van der Waals surface area contributed by atoms with Crippen molar-refractivity contribution in [2.45, 2.75) is 6.92 Å². The van der Waals surface area contributed by atoms with Crippen LogP contribution in [0.3, 0.4) is 0 Å². The normalized spacial score (nSPS) is 10.0. The van der Waals surface area contributed by atoms with Crippen LogP contribution in [0.1, 0.15) is 17.3 Å². The van der Waals surface area contributed by atoms with Gasteiger partial charge >= 0.3 is 0 Å². The fraction of sp³-hybridized carbons (Fsp3) is 0.188. The van der Waals surface area contributed by atoms with Gasteiger partial charge in [-0.1, -0.05) is 17.7 Å². The van der Waals surface area contributed by atoms with Gasteiger partial charge in [-0.3, -0.25) is 4.79 Å². The Morgan fingerprint density at radius 1 is 1.14 bits per heavy atom. The molecule has 0 spiro atoms. The second-order valence-corrected chi connectivity index (χ2v) is 4.75. The first-order valence-electron chi connectivity index (χ1n) is 6.53. The summed E-state index contributed by atoms with van der Waals surface area (Å²) in [6.45, 7) is 2.45. The maximum absolute atomic E-state index is 11.8. The van der Waals surface area contributed by atoms with Gasteiger partial charge in [0.2, 0.25) is 0 Å². The van der Waals surface area contributed by atoms with E-state index in [0.717, 1.165) is 0 Å². The molecule has 0 fully saturated rings. The number of hydrogen-bond donors (Lipinski definition) is 1. The highest BCUT2D eigenvalue weighted by Gasteiger charge is 2.07. The summed E-state index contributed by atoms with van der Waals surface area (Å²) < 4.78 is 10.9. The highest BCUT2D eigenvalue weighted by atomic mass is 35.5. The van der Waals surface area contributed by atoms with Crippen molar-refractivity contribution in [3.8, 4) is 17.2 Å². The number of carbonyl (C=O) groups is 1. The van der Waals surface area contributed by atoms with E-state index in [2.05, 4.69) is 5.32 Å². The molecule has 21 heavy (non-hydrogen) atoms. The molecule has 1 N–H and O–H groups in total. The largest absolute Gasteiger partial charge is 0.497 e. The van der Waals surface area contributed by atoms with E-state index in [0.29, 0.717) is 34.4 Å². The van der Waals surface area contributed by atoms with Crippen LogP contribution in [-0.4, -0.2) is 19.6 Å². The Labute approximate surface area is 128 Å². The van der Waals surface area contributed by atoms with E-state index in [1.165, 1.54) is 0 Å². The Kier molecular flexibility index (Phi) is 5.06. The monoisotopic (exact) mass is 305 g/mol. The summed E-state index contributed by atoms with van der Waals surface area (Å²) >= 11 is 5.99. The standard InChI is InChI=1S/C16H16ClNO3/c1-3-18-16(19)11-5-4-6-13(7-11)21-15-9-12(17)8-14(10-15)20-2/h4-10H,3H2,1-2H3,(H,18,19). The minimum atomic E-state index is -0.133. The van der Waals surface area contributed by atoms with E-state index < -0.39 is 0 Å². The number of carbonyl (C=O) groups excluding carboxylic acids is 1. The molecule has 0 aliphatic heterocycles. The molecule has 0 saturated heterocycles. The van der Waals surface area contributed by atoms with E-state index in [-0.39, 0.29) is 5.91 Å². The van der Waals surface area contributed by atoms with Crippen molar-refractivity contribution in [2.75, 3.05) is 13.7 Å². The summed E-state index contributed by atoms with van der Waals surface area (Å²) in [5.74, 6) is 1.58. The zero-order valence-corrected chi connectivity index (χ0v) is 12.6. The van der Waals surface area contributed by atoms with Gasteiger partial charge in [0.25, 0.3) is 5.91 Å². The van der Waals surface area contributed by atoms with E-state index in [1.807, 2.05) is 6.92 Å². The number of ether oxygens (including phenoxy) is 2. The fourth-order valence-corrected chi connectivity index (χ4v) is 2.03. The van der Waals surface area contributed by atoms with Crippen molar-refractivity contribution in [1.82, 2.24) is 5.32 Å². The van der Waals surface area contributed by atoms with Crippen LogP contribution in [0.5, 0.6) is 17.2 Å². The van der Waals surface area contributed by atoms with Crippen LogP contribution in [0.15, 0.2) is 42.5 Å². The number of benzene rings is 2. The third-order valence-electron chi connectivity index (χ3n) is 2.75. The number of methoxy groups -OCH3 is 1. The third kappa shape index (κ3) is 4.13. The number of halogens is 1. The molecule has 1 amide bonds. The predicted molar refractivity (Wildman–Crippen MR) is 82.5 cm³/mol. The van der Waals surface area contributed by atoms with Gasteiger partial charge in [-0.05, 0) is 37.3 Å². The van der Waals surface area contributed by atoms with Gasteiger partial charge in [-0.15, -0.1) is 0 Å². The molecule has 0 aliphatic rings. The highest BCUT2D eigenvalue weighted by molar-refractivity contribution is 6.30. The molecular formula is C16H16ClNO3. The molecule has 4 nitrogen and oxygen atoms in total. The van der Waals surface area contributed by atoms with E-state index >= 15 is 0 Å². The minimum Gasteiger partial charge on any atom is -0.497 e. The summed E-state index contributed by atoms with van der Waals surface area (Å²) in [5.41, 5.74) is 0.545. The Morgan fingerprint density at radius 3 is 2.62 bits per heavy atom. The molecule has 2 aromatic rings. The van der Waals surface area contributed by atoms with Gasteiger partial charge in [0.05, 0.1) is 7.11 Å². The van der Waals surface area contributed by atoms with E-state index in [9.17, 15) is 4.79 Å². The Bertz CT molecular complexity index is 643. The van der Waals surface area contributed by atoms with Gasteiger partial charge in [0.1, 0.15) is 17.2 Å². The summed E-state index contributed by atoms with van der Waals surface area (Å²) in [4.78, 5) is 11.8. The molecule has 0 aromatic heterocycles. The van der Waals surface area contributed by atoms with Crippen LogP contribution < -0.4 is 14.8 Å². The molecule has 2 aromatic carbocycles. The lowest BCUT2D eigenvalue weighted by molar-refractivity contribution is 0.0955. The number of amides is 1. The Morgan fingerprint density at radius 2 is 1.90 bits per heavy atom. The Hall–Kier alpha value is -2.20. The van der Waals surface area contributed by atoms with Crippen LogP contribution in [0.2, 0.25) is 5.02 Å². The molecule has 0 bridgehead atoms. The lowest BCUT2D eigenvalue weighted by Crippen LogP contribution is -2.22. The zero-order valence-electron chi connectivity index (χ0n) is 11.9. The molecule has 110 valence electrons. The summed E-state index contributed by atoms with van der Waals surface area (Å²) in [6, 6.07) is 12.1. The average molecular weight is 306 g/mol. The number of hydrogen-bond acceptors (Lipinski definition) is 3. The maximum atomic E-state index is 11.8. The van der Waals surface area contributed by atoms with E-state index in [4.69, 9.17) is 21.1 Å². The first-order chi connectivity index (χ1) is 10.1. The second-order valence-electron chi connectivity index (χ2n) is 4.32. The molecule has 0 radical (unpaired) electrons. The lowest BCUT2D eigenvalue weighted by Gasteiger charge is -2.09. The van der Waals surface area contributed by atoms with Crippen molar-refractivity contribution < 1.29 is 14.3 Å². The minimum absolute atomic E-state index is 0.133. The maximum Gasteiger partial charge on any atom is 0.251 e. The van der Waals surface area contributed by atoms with Crippen LogP contribution in [-0.2, 0) is 0 Å². The molecule has 0 heterocycles. The lowest BCUT2D eigenvalue weighted by atomic mass is 10.2. The topological polar surface area (TPSA) is 47.6 Å². The first-order valence-corrected chi connectivity index (χ1v) is 6.91. The molecule has 0 atom stereocenters. The average Bonchev–Trinajstić information content (AvgIpc) is 2.47. The molecule has 0 unspecified atom stereocenters. The van der Waals surface area contributed by atoms with Gasteiger partial charge in [0.15, 0.2) is 0 Å². The highest BCUT2D eigenvalue weighted by Crippen LogP contribution is 2.29. The quantitative estimate of drug-likeness (QED) is 0.911. The van der Waals surface area contributed by atoms with Crippen LogP contribution in [0, 0.1) is 0 Å². The molecule has 0 aliphatic carbocycles. The third-order valence-corrected chi connectivity index (χ3v) is 2.97. The van der Waals surface area contributed by atoms with Gasteiger partial charge in [-0.2, -0.15) is 0 Å². The molecule has 5 heteroatoms. The van der Waals surface area contributed by atoms with Crippen LogP contribution >= 0.6 is 11.6 Å². The van der Waals surface area contributed by atoms with Crippen molar-refractivity contribution in [1.29, 1.82) is 0 Å². The summed E-state index contributed by atoms with van der Waals surface area (Å²) in [6.07, 6.45) is 0. The fourth-order valence-electron chi connectivity index (χ4n) is 1.81. The van der Waals surface area contributed by atoms with Gasteiger partial charge in [0, 0.05) is 23.2 Å². The van der Waals surface area contributed by atoms with Crippen molar-refractivity contribution in [3.63, 3.8) is 0 Å².